The topological polar surface area (TPSA) is 42.7 Å². The molecule has 14 aromatic rings. The van der Waals surface area contributed by atoms with Crippen molar-refractivity contribution in [2.75, 3.05) is 4.90 Å². The zero-order valence-corrected chi connectivity index (χ0v) is 37.8. The van der Waals surface area contributed by atoms with E-state index in [0.29, 0.717) is 0 Å². The Balaban J connectivity index is 0.781. The van der Waals surface area contributed by atoms with Gasteiger partial charge in [0.2, 0.25) is 0 Å². The molecule has 0 saturated heterocycles. The van der Waals surface area contributed by atoms with Crippen molar-refractivity contribution in [3.05, 3.63) is 249 Å². The summed E-state index contributed by atoms with van der Waals surface area (Å²) in [4.78, 5) is 2.32. The van der Waals surface area contributed by atoms with E-state index in [2.05, 4.69) is 217 Å². The quantitative estimate of drug-likeness (QED) is 0.152. The van der Waals surface area contributed by atoms with Crippen molar-refractivity contribution >= 4 is 82.9 Å². The highest BCUT2D eigenvalue weighted by Crippen LogP contribution is 2.42. The first kappa shape index (κ1) is 39.8. The van der Waals surface area contributed by atoms with Crippen LogP contribution in [0.2, 0.25) is 0 Å². The van der Waals surface area contributed by atoms with Gasteiger partial charge in [0.05, 0.1) is 0 Å². The van der Waals surface area contributed by atoms with E-state index in [1.54, 1.807) is 0 Å². The van der Waals surface area contributed by atoms with E-state index < -0.39 is 0 Å². The van der Waals surface area contributed by atoms with Gasteiger partial charge in [-0.15, -0.1) is 0 Å². The summed E-state index contributed by atoms with van der Waals surface area (Å²) in [6.07, 6.45) is 0. The molecule has 4 nitrogen and oxygen atoms in total. The van der Waals surface area contributed by atoms with Crippen LogP contribution in [0.15, 0.2) is 262 Å². The Labute approximate surface area is 403 Å². The van der Waals surface area contributed by atoms with E-state index in [9.17, 15) is 0 Å². The molecule has 3 heterocycles. The molecule has 70 heavy (non-hydrogen) atoms. The summed E-state index contributed by atoms with van der Waals surface area (Å²) in [6, 6.07) is 88.1. The molecule has 0 fully saturated rings. The van der Waals surface area contributed by atoms with Crippen LogP contribution in [-0.2, 0) is 0 Å². The highest BCUT2D eigenvalue weighted by atomic mass is 16.3. The number of furan rings is 3. The number of para-hydroxylation sites is 6. The van der Waals surface area contributed by atoms with E-state index >= 15 is 0 Å². The van der Waals surface area contributed by atoms with Crippen LogP contribution in [0.1, 0.15) is 0 Å². The summed E-state index contributed by atoms with van der Waals surface area (Å²) < 4.78 is 19.2. The van der Waals surface area contributed by atoms with Crippen molar-refractivity contribution in [1.82, 2.24) is 0 Å². The molecule has 0 aliphatic heterocycles. The van der Waals surface area contributed by atoms with Crippen molar-refractivity contribution in [2.45, 2.75) is 0 Å². The van der Waals surface area contributed by atoms with E-state index in [1.165, 1.54) is 11.1 Å². The van der Waals surface area contributed by atoms with Crippen molar-refractivity contribution in [3.63, 3.8) is 0 Å². The van der Waals surface area contributed by atoms with Gasteiger partial charge in [-0.1, -0.05) is 194 Å². The molecule has 3 aromatic heterocycles. The molecule has 0 amide bonds. The van der Waals surface area contributed by atoms with E-state index in [-0.39, 0.29) is 0 Å². The van der Waals surface area contributed by atoms with Crippen LogP contribution in [0, 0.1) is 0 Å². The molecule has 11 aromatic carbocycles. The van der Waals surface area contributed by atoms with Gasteiger partial charge >= 0.3 is 0 Å². The van der Waals surface area contributed by atoms with Crippen molar-refractivity contribution in [2.24, 2.45) is 0 Å². The molecule has 328 valence electrons. The Kier molecular flexibility index (Phi) is 9.17. The standard InChI is InChI=1S/C66H41NO3/c1-4-19-61-55(10-1)58-16-7-13-52(64(58)68-61)46-28-26-44(27-29-46)42-22-24-43(25-23-42)45-30-36-49(37-31-45)67(50-38-32-47(33-39-50)53-14-8-17-59-56-11-2-5-20-62(56)69-65(53)59)51-40-34-48(35-41-51)54-15-9-18-60-57-12-3-6-21-63(57)70-66(54)60/h1-41H. The predicted molar refractivity (Wildman–Crippen MR) is 290 cm³/mol. The number of rotatable bonds is 8. The first-order valence-corrected chi connectivity index (χ1v) is 23.7. The highest BCUT2D eigenvalue weighted by molar-refractivity contribution is 6.11. The van der Waals surface area contributed by atoms with Crippen LogP contribution in [0.5, 0.6) is 0 Å². The second kappa shape index (κ2) is 16.2. The fraction of sp³-hybridized carbons (Fsp3) is 0. The monoisotopic (exact) mass is 895 g/mol. The minimum absolute atomic E-state index is 0.895. The van der Waals surface area contributed by atoms with Crippen LogP contribution in [0.25, 0.3) is 121 Å². The average molecular weight is 896 g/mol. The summed E-state index contributed by atoms with van der Waals surface area (Å²) in [6.45, 7) is 0. The molecule has 0 saturated carbocycles. The molecule has 14 rings (SSSR count). The molecule has 0 unspecified atom stereocenters. The van der Waals surface area contributed by atoms with Crippen molar-refractivity contribution in [3.8, 4) is 55.6 Å². The van der Waals surface area contributed by atoms with E-state index in [0.717, 1.165) is 127 Å². The molecule has 0 aliphatic rings. The third-order valence-electron chi connectivity index (χ3n) is 14.0. The molecule has 0 bridgehead atoms. The lowest BCUT2D eigenvalue weighted by Gasteiger charge is -2.26. The lowest BCUT2D eigenvalue weighted by atomic mass is 9.97. The summed E-state index contributed by atoms with van der Waals surface area (Å²) in [5.41, 5.74) is 19.8. The maximum absolute atomic E-state index is 6.44. The maximum atomic E-state index is 6.44. The fourth-order valence-electron chi connectivity index (χ4n) is 10.5. The molecule has 0 N–H and O–H groups in total. The largest absolute Gasteiger partial charge is 0.455 e. The summed E-state index contributed by atoms with van der Waals surface area (Å²) in [5, 5.41) is 6.77. The van der Waals surface area contributed by atoms with Gasteiger partial charge in [0, 0.05) is 66.1 Å². The lowest BCUT2D eigenvalue weighted by molar-refractivity contribution is 0.669. The normalized spacial score (nSPS) is 11.7. The molecule has 0 atom stereocenters. The third-order valence-corrected chi connectivity index (χ3v) is 14.0. The Hall–Kier alpha value is -9.38. The molecular formula is C66H41NO3. The molecule has 0 spiro atoms. The van der Waals surface area contributed by atoms with Gasteiger partial charge in [0.15, 0.2) is 0 Å². The molecule has 0 aliphatic carbocycles. The zero-order valence-electron chi connectivity index (χ0n) is 37.8. The van der Waals surface area contributed by atoms with Gasteiger partial charge in [-0.25, -0.2) is 0 Å². The number of hydrogen-bond donors (Lipinski definition) is 0. The number of fused-ring (bicyclic) bond motifs is 9. The third kappa shape index (κ3) is 6.61. The van der Waals surface area contributed by atoms with E-state index in [4.69, 9.17) is 13.3 Å². The summed E-state index contributed by atoms with van der Waals surface area (Å²) >= 11 is 0. The minimum Gasteiger partial charge on any atom is -0.455 e. The minimum atomic E-state index is 0.895. The molecule has 4 heteroatoms. The van der Waals surface area contributed by atoms with Crippen LogP contribution in [0.4, 0.5) is 17.1 Å². The summed E-state index contributed by atoms with van der Waals surface area (Å²) in [5.74, 6) is 0. The van der Waals surface area contributed by atoms with Crippen LogP contribution in [-0.4, -0.2) is 0 Å². The number of hydrogen-bond acceptors (Lipinski definition) is 4. The van der Waals surface area contributed by atoms with Gasteiger partial charge in [-0.3, -0.25) is 0 Å². The van der Waals surface area contributed by atoms with Gasteiger partial charge < -0.3 is 18.2 Å². The average Bonchev–Trinajstić information content (AvgIpc) is 4.14. The van der Waals surface area contributed by atoms with Crippen molar-refractivity contribution < 1.29 is 13.3 Å². The number of benzene rings is 11. The van der Waals surface area contributed by atoms with Crippen molar-refractivity contribution in [1.29, 1.82) is 0 Å². The van der Waals surface area contributed by atoms with Gasteiger partial charge in [-0.05, 0) is 93.5 Å². The maximum Gasteiger partial charge on any atom is 0.143 e. The predicted octanol–water partition coefficient (Wildman–Crippen LogP) is 19.2. The van der Waals surface area contributed by atoms with Gasteiger partial charge in [0.25, 0.3) is 0 Å². The van der Waals surface area contributed by atoms with Crippen LogP contribution < -0.4 is 4.90 Å². The number of anilines is 3. The van der Waals surface area contributed by atoms with Crippen LogP contribution >= 0.6 is 0 Å². The lowest BCUT2D eigenvalue weighted by Crippen LogP contribution is -2.09. The smallest absolute Gasteiger partial charge is 0.143 e. The van der Waals surface area contributed by atoms with Gasteiger partial charge in [0.1, 0.15) is 33.5 Å². The Morgan fingerprint density at radius 2 is 0.443 bits per heavy atom. The van der Waals surface area contributed by atoms with E-state index in [1.807, 2.05) is 36.4 Å². The Morgan fingerprint density at radius 1 is 0.200 bits per heavy atom. The van der Waals surface area contributed by atoms with Gasteiger partial charge in [-0.2, -0.15) is 0 Å². The highest BCUT2D eigenvalue weighted by Gasteiger charge is 2.18. The summed E-state index contributed by atoms with van der Waals surface area (Å²) in [7, 11) is 0. The van der Waals surface area contributed by atoms with Crippen LogP contribution in [0.3, 0.4) is 0 Å². The zero-order chi connectivity index (χ0) is 46.1. The second-order valence-corrected chi connectivity index (χ2v) is 18.0. The second-order valence-electron chi connectivity index (χ2n) is 18.0. The number of nitrogens with zero attached hydrogens (tertiary/aromatic N) is 1. The SMILES string of the molecule is c1ccc2c(c1)oc1c(-c3ccc(-c4ccc(-c5ccc(N(c6ccc(-c7cccc8c7oc7ccccc78)cc6)c6ccc(-c7cccc8c7oc7ccccc78)cc6)cc5)cc4)cc3)cccc12. The fourth-order valence-corrected chi connectivity index (χ4v) is 10.5. The first-order valence-electron chi connectivity index (χ1n) is 23.7. The Morgan fingerprint density at radius 3 is 0.757 bits per heavy atom. The molecule has 0 radical (unpaired) electrons. The Bertz CT molecular complexity index is 4090. The molecular weight excluding hydrogens is 855 g/mol. The first-order chi connectivity index (χ1) is 34.7.